The van der Waals surface area contributed by atoms with Gasteiger partial charge in [0.2, 0.25) is 0 Å². The molecule has 0 unspecified atom stereocenters. The van der Waals surface area contributed by atoms with Crippen LogP contribution in [0.1, 0.15) is 22.3 Å². The first-order valence-corrected chi connectivity index (χ1v) is 11.9. The molecule has 0 atom stereocenters. The number of para-hydroxylation sites is 2. The maximum Gasteiger partial charge on any atom is 0.267 e. The van der Waals surface area contributed by atoms with Gasteiger partial charge in [-0.1, -0.05) is 42.5 Å². The summed E-state index contributed by atoms with van der Waals surface area (Å²) in [6.07, 6.45) is 0.859. The van der Waals surface area contributed by atoms with Gasteiger partial charge in [-0.15, -0.1) is 0 Å². The number of hydrogen-bond acceptors (Lipinski definition) is 5. The van der Waals surface area contributed by atoms with Gasteiger partial charge < -0.3 is 15.0 Å². The van der Waals surface area contributed by atoms with Crippen LogP contribution in [-0.2, 0) is 0 Å². The number of hydrogen-bond donors (Lipinski definition) is 2. The number of carbonyl (C=O) groups excluding carboxylic acids is 1. The van der Waals surface area contributed by atoms with Crippen LogP contribution in [0, 0.1) is 6.92 Å². The topological polar surface area (TPSA) is 87.3 Å². The number of ether oxygens (including phenoxy) is 1. The molecule has 0 bridgehead atoms. The van der Waals surface area contributed by atoms with Crippen molar-refractivity contribution in [2.24, 2.45) is 0 Å². The Morgan fingerprint density at radius 3 is 2.53 bits per heavy atom. The fourth-order valence-electron chi connectivity index (χ4n) is 3.97. The second kappa shape index (κ2) is 11.5. The molecule has 184 valence electrons. The molecule has 0 radical (unpaired) electrons. The van der Waals surface area contributed by atoms with Gasteiger partial charge >= 0.3 is 0 Å². The predicted octanol–water partition coefficient (Wildman–Crippen LogP) is 4.89. The summed E-state index contributed by atoms with van der Waals surface area (Å²) >= 11 is 0. The highest BCUT2D eigenvalue weighted by molar-refractivity contribution is 5.96. The average molecular weight is 483 g/mol. The van der Waals surface area contributed by atoms with E-state index in [2.05, 4.69) is 20.4 Å². The zero-order valence-electron chi connectivity index (χ0n) is 20.7. The maximum atomic E-state index is 12.8. The van der Waals surface area contributed by atoms with E-state index < -0.39 is 0 Å². The molecule has 0 aliphatic heterocycles. The third-order valence-corrected chi connectivity index (χ3v) is 5.82. The molecule has 3 aromatic carbocycles. The monoisotopic (exact) mass is 482 g/mol. The van der Waals surface area contributed by atoms with Gasteiger partial charge in [-0.25, -0.2) is 5.10 Å². The molecule has 0 aliphatic rings. The molecule has 36 heavy (non-hydrogen) atoms. The van der Waals surface area contributed by atoms with E-state index >= 15 is 0 Å². The van der Waals surface area contributed by atoms with Gasteiger partial charge in [-0.3, -0.25) is 9.59 Å². The van der Waals surface area contributed by atoms with Gasteiger partial charge in [0.15, 0.2) is 0 Å². The van der Waals surface area contributed by atoms with E-state index in [0.29, 0.717) is 40.4 Å². The van der Waals surface area contributed by atoms with Gasteiger partial charge in [0.1, 0.15) is 17.2 Å². The van der Waals surface area contributed by atoms with Crippen molar-refractivity contribution in [3.05, 3.63) is 100 Å². The van der Waals surface area contributed by atoms with Crippen molar-refractivity contribution in [1.82, 2.24) is 20.4 Å². The first kappa shape index (κ1) is 24.9. The van der Waals surface area contributed by atoms with Crippen molar-refractivity contribution in [2.45, 2.75) is 13.3 Å². The molecule has 1 aromatic heterocycles. The molecular weight excluding hydrogens is 452 g/mol. The minimum atomic E-state index is -0.284. The molecule has 4 rings (SSSR count). The molecule has 1 heterocycles. The summed E-state index contributed by atoms with van der Waals surface area (Å²) in [6, 6.07) is 24.3. The van der Waals surface area contributed by atoms with E-state index in [-0.39, 0.29) is 11.5 Å². The number of rotatable bonds is 9. The molecule has 7 nitrogen and oxygen atoms in total. The average Bonchev–Trinajstić information content (AvgIpc) is 2.89. The summed E-state index contributed by atoms with van der Waals surface area (Å²) in [5.74, 6) is 1.15. The standard InChI is InChI=1S/C29H30N4O3/c1-20-26(21-11-9-12-22(19-21)29(35)30-17-10-18-33(2)3)27(31-32-28(20)34)24-15-7-8-16-25(24)36-23-13-5-4-6-14-23/h4-9,11-16,19H,10,17-18H2,1-3H3,(H,30,35)(H,32,34). The smallest absolute Gasteiger partial charge is 0.267 e. The van der Waals surface area contributed by atoms with Crippen LogP contribution in [0.3, 0.4) is 0 Å². The summed E-state index contributed by atoms with van der Waals surface area (Å²) in [6.45, 7) is 3.24. The fraction of sp³-hybridized carbons (Fsp3) is 0.207. The van der Waals surface area contributed by atoms with Crippen LogP contribution in [0.25, 0.3) is 22.4 Å². The van der Waals surface area contributed by atoms with Crippen molar-refractivity contribution in [3.63, 3.8) is 0 Å². The number of aromatic amines is 1. The Balaban J connectivity index is 1.72. The first-order chi connectivity index (χ1) is 17.4. The molecule has 0 spiro atoms. The first-order valence-electron chi connectivity index (χ1n) is 11.9. The second-order valence-electron chi connectivity index (χ2n) is 8.81. The van der Waals surface area contributed by atoms with E-state index in [1.807, 2.05) is 80.8 Å². The number of amides is 1. The van der Waals surface area contributed by atoms with E-state index in [4.69, 9.17) is 4.74 Å². The van der Waals surface area contributed by atoms with E-state index in [1.165, 1.54) is 0 Å². The van der Waals surface area contributed by atoms with Crippen molar-refractivity contribution in [3.8, 4) is 33.9 Å². The van der Waals surface area contributed by atoms with Crippen molar-refractivity contribution >= 4 is 5.91 Å². The second-order valence-corrected chi connectivity index (χ2v) is 8.81. The number of aromatic nitrogens is 2. The Morgan fingerprint density at radius 1 is 1.00 bits per heavy atom. The third kappa shape index (κ3) is 5.87. The Hall–Kier alpha value is -4.23. The molecule has 4 aromatic rings. The number of H-pyrrole nitrogens is 1. The lowest BCUT2D eigenvalue weighted by Gasteiger charge is -2.16. The van der Waals surface area contributed by atoms with Crippen molar-refractivity contribution < 1.29 is 9.53 Å². The van der Waals surface area contributed by atoms with Crippen LogP contribution < -0.4 is 15.6 Å². The van der Waals surface area contributed by atoms with Gasteiger partial charge in [0.05, 0.1) is 0 Å². The van der Waals surface area contributed by atoms with Crippen LogP contribution >= 0.6 is 0 Å². The van der Waals surface area contributed by atoms with E-state index in [1.54, 1.807) is 19.1 Å². The zero-order chi connectivity index (χ0) is 25.5. The molecule has 2 N–H and O–H groups in total. The Morgan fingerprint density at radius 2 is 1.75 bits per heavy atom. The van der Waals surface area contributed by atoms with Gasteiger partial charge in [-0.05, 0) is 75.9 Å². The molecule has 0 saturated carbocycles. The van der Waals surface area contributed by atoms with E-state index in [9.17, 15) is 9.59 Å². The SMILES string of the molecule is Cc1c(-c2cccc(C(=O)NCCCN(C)C)c2)c(-c2ccccc2Oc2ccccc2)n[nH]c1=O. The predicted molar refractivity (Wildman–Crippen MR) is 142 cm³/mol. The lowest BCUT2D eigenvalue weighted by Crippen LogP contribution is -2.27. The zero-order valence-corrected chi connectivity index (χ0v) is 20.7. The van der Waals surface area contributed by atoms with Crippen molar-refractivity contribution in [2.75, 3.05) is 27.2 Å². The summed E-state index contributed by atoms with van der Waals surface area (Å²) < 4.78 is 6.16. The molecule has 7 heteroatoms. The molecule has 0 saturated heterocycles. The largest absolute Gasteiger partial charge is 0.457 e. The number of nitrogens with one attached hydrogen (secondary N) is 2. The number of carbonyl (C=O) groups is 1. The minimum absolute atomic E-state index is 0.152. The van der Waals surface area contributed by atoms with Crippen LogP contribution in [-0.4, -0.2) is 48.2 Å². The number of benzene rings is 3. The maximum absolute atomic E-state index is 12.8. The summed E-state index contributed by atoms with van der Waals surface area (Å²) in [5.41, 5.74) is 3.45. The van der Waals surface area contributed by atoms with Crippen LogP contribution in [0.2, 0.25) is 0 Å². The highest BCUT2D eigenvalue weighted by atomic mass is 16.5. The quantitative estimate of drug-likeness (QED) is 0.332. The molecule has 0 aliphatic carbocycles. The lowest BCUT2D eigenvalue weighted by atomic mass is 9.94. The third-order valence-electron chi connectivity index (χ3n) is 5.82. The van der Waals surface area contributed by atoms with Gasteiger partial charge in [-0.2, -0.15) is 5.10 Å². The van der Waals surface area contributed by atoms with Crippen LogP contribution in [0.15, 0.2) is 83.7 Å². The molecule has 0 fully saturated rings. The lowest BCUT2D eigenvalue weighted by molar-refractivity contribution is 0.0952. The molecular formula is C29H30N4O3. The van der Waals surface area contributed by atoms with Crippen LogP contribution in [0.4, 0.5) is 0 Å². The minimum Gasteiger partial charge on any atom is -0.457 e. The van der Waals surface area contributed by atoms with Crippen LogP contribution in [0.5, 0.6) is 11.5 Å². The highest BCUT2D eigenvalue weighted by Gasteiger charge is 2.19. The Labute approximate surface area is 210 Å². The summed E-state index contributed by atoms with van der Waals surface area (Å²) in [7, 11) is 4.01. The van der Waals surface area contributed by atoms with Gasteiger partial charge in [0, 0.05) is 28.8 Å². The Bertz CT molecular complexity index is 1400. The molecule has 1 amide bonds. The summed E-state index contributed by atoms with van der Waals surface area (Å²) in [5, 5.41) is 9.99. The fourth-order valence-corrected chi connectivity index (χ4v) is 3.97. The van der Waals surface area contributed by atoms with Crippen molar-refractivity contribution in [1.29, 1.82) is 0 Å². The highest BCUT2D eigenvalue weighted by Crippen LogP contribution is 2.38. The number of nitrogens with zero attached hydrogens (tertiary/aromatic N) is 2. The summed E-state index contributed by atoms with van der Waals surface area (Å²) in [4.78, 5) is 27.5. The Kier molecular flexibility index (Phi) is 7.92. The van der Waals surface area contributed by atoms with Gasteiger partial charge in [0.25, 0.3) is 11.5 Å². The normalized spacial score (nSPS) is 10.9. The van der Waals surface area contributed by atoms with E-state index in [0.717, 1.165) is 24.1 Å².